The fraction of sp³-hybridized carbons (Fsp3) is 0.538. The van der Waals surface area contributed by atoms with Crippen molar-refractivity contribution in [1.29, 1.82) is 0 Å². The lowest BCUT2D eigenvalue weighted by molar-refractivity contribution is 0.230. The molecule has 1 aliphatic heterocycles. The van der Waals surface area contributed by atoms with Crippen molar-refractivity contribution < 1.29 is 8.42 Å². The number of rotatable bonds is 3. The first-order valence-corrected chi connectivity index (χ1v) is 9.25. The minimum Gasteiger partial charge on any atom is -0.327 e. The normalized spacial score (nSPS) is 24.2. The summed E-state index contributed by atoms with van der Waals surface area (Å²) >= 11 is 17.9. The predicted octanol–water partition coefficient (Wildman–Crippen LogP) is 3.39. The van der Waals surface area contributed by atoms with Crippen molar-refractivity contribution in [3.05, 3.63) is 27.2 Å². The Balaban J connectivity index is 2.39. The number of hydrogen-bond acceptors (Lipinski definition) is 3. The molecule has 2 N–H and O–H groups in total. The zero-order valence-electron chi connectivity index (χ0n) is 11.5. The molecule has 1 saturated heterocycles. The van der Waals surface area contributed by atoms with Crippen LogP contribution in [0.4, 0.5) is 0 Å². The maximum absolute atomic E-state index is 12.8. The third-order valence-electron chi connectivity index (χ3n) is 3.84. The smallest absolute Gasteiger partial charge is 0.246 e. The molecule has 0 spiro atoms. The van der Waals surface area contributed by atoms with Gasteiger partial charge in [-0.05, 0) is 24.5 Å². The van der Waals surface area contributed by atoms with Gasteiger partial charge in [-0.1, -0.05) is 48.1 Å². The van der Waals surface area contributed by atoms with E-state index in [0.717, 1.165) is 6.42 Å². The Morgan fingerprint density at radius 2 is 1.86 bits per heavy atom. The molecular weight excluding hydrogens is 355 g/mol. The lowest BCUT2D eigenvalue weighted by Gasteiger charge is -2.35. The lowest BCUT2D eigenvalue weighted by atomic mass is 9.92. The van der Waals surface area contributed by atoms with Gasteiger partial charge >= 0.3 is 0 Å². The molecule has 0 aliphatic carbocycles. The summed E-state index contributed by atoms with van der Waals surface area (Å²) < 4.78 is 27.0. The molecule has 8 heteroatoms. The lowest BCUT2D eigenvalue weighted by Crippen LogP contribution is -2.48. The van der Waals surface area contributed by atoms with Crippen LogP contribution in [0.1, 0.15) is 19.8 Å². The molecule has 21 heavy (non-hydrogen) atoms. The predicted molar refractivity (Wildman–Crippen MR) is 86.6 cm³/mol. The largest absolute Gasteiger partial charge is 0.327 e. The van der Waals surface area contributed by atoms with Crippen molar-refractivity contribution in [3.8, 4) is 0 Å². The van der Waals surface area contributed by atoms with Gasteiger partial charge in [0.25, 0.3) is 0 Å². The van der Waals surface area contributed by atoms with E-state index >= 15 is 0 Å². The number of halogens is 3. The Labute approximate surface area is 140 Å². The van der Waals surface area contributed by atoms with E-state index in [4.69, 9.17) is 40.5 Å². The van der Waals surface area contributed by atoms with Gasteiger partial charge in [0.1, 0.15) is 4.90 Å². The van der Waals surface area contributed by atoms with E-state index in [1.807, 2.05) is 6.92 Å². The highest BCUT2D eigenvalue weighted by atomic mass is 35.5. The first kappa shape index (κ1) is 17.3. The molecular formula is C13H17Cl3N2O2S. The van der Waals surface area contributed by atoms with Crippen LogP contribution in [0.3, 0.4) is 0 Å². The van der Waals surface area contributed by atoms with Gasteiger partial charge in [0.15, 0.2) is 0 Å². The van der Waals surface area contributed by atoms with E-state index in [1.165, 1.54) is 16.4 Å². The van der Waals surface area contributed by atoms with Crippen molar-refractivity contribution in [1.82, 2.24) is 4.31 Å². The Kier molecular flexibility index (Phi) is 5.45. The summed E-state index contributed by atoms with van der Waals surface area (Å²) in [5.41, 5.74) is 6.02. The number of nitrogens with two attached hydrogens (primary N) is 1. The zero-order valence-corrected chi connectivity index (χ0v) is 14.6. The Morgan fingerprint density at radius 3 is 2.38 bits per heavy atom. The van der Waals surface area contributed by atoms with Gasteiger partial charge < -0.3 is 5.73 Å². The standard InChI is InChI=1S/C13H17Cl3N2O2S/c1-2-8-7-18(4-3-12(8)17)21(19,20)13-10(15)5-9(14)6-11(13)16/h5-6,8,12H,2-4,7,17H2,1H3. The van der Waals surface area contributed by atoms with Crippen LogP contribution in [0, 0.1) is 5.92 Å². The van der Waals surface area contributed by atoms with Crippen LogP contribution >= 0.6 is 34.8 Å². The van der Waals surface area contributed by atoms with Crippen molar-refractivity contribution in [3.63, 3.8) is 0 Å². The highest BCUT2D eigenvalue weighted by Crippen LogP contribution is 2.36. The van der Waals surface area contributed by atoms with Crippen molar-refractivity contribution in [2.75, 3.05) is 13.1 Å². The third kappa shape index (κ3) is 3.49. The van der Waals surface area contributed by atoms with Crippen molar-refractivity contribution in [2.24, 2.45) is 11.7 Å². The van der Waals surface area contributed by atoms with Gasteiger partial charge in [-0.3, -0.25) is 0 Å². The summed E-state index contributed by atoms with van der Waals surface area (Å²) in [5, 5.41) is 0.377. The maximum Gasteiger partial charge on any atom is 0.246 e. The van der Waals surface area contributed by atoms with Crippen LogP contribution in [-0.2, 0) is 10.0 Å². The molecule has 1 heterocycles. The van der Waals surface area contributed by atoms with E-state index < -0.39 is 10.0 Å². The van der Waals surface area contributed by atoms with Gasteiger partial charge in [0.2, 0.25) is 10.0 Å². The summed E-state index contributed by atoms with van der Waals surface area (Å²) in [6.45, 7) is 2.76. The second-order valence-electron chi connectivity index (χ2n) is 5.18. The minimum atomic E-state index is -3.75. The van der Waals surface area contributed by atoms with Crippen LogP contribution in [-0.4, -0.2) is 31.9 Å². The first-order chi connectivity index (χ1) is 9.77. The highest BCUT2D eigenvalue weighted by Gasteiger charge is 2.35. The molecule has 2 unspecified atom stereocenters. The average molecular weight is 372 g/mol. The molecule has 0 saturated carbocycles. The monoisotopic (exact) mass is 370 g/mol. The molecule has 118 valence electrons. The second kappa shape index (κ2) is 6.60. The molecule has 4 nitrogen and oxygen atoms in total. The topological polar surface area (TPSA) is 63.4 Å². The van der Waals surface area contributed by atoms with E-state index in [1.54, 1.807) is 0 Å². The molecule has 2 atom stereocenters. The van der Waals surface area contributed by atoms with Crippen molar-refractivity contribution in [2.45, 2.75) is 30.7 Å². The van der Waals surface area contributed by atoms with Gasteiger partial charge in [0.05, 0.1) is 10.0 Å². The third-order valence-corrected chi connectivity index (χ3v) is 6.85. The highest BCUT2D eigenvalue weighted by molar-refractivity contribution is 7.89. The number of nitrogens with zero attached hydrogens (tertiary/aromatic N) is 1. The SMILES string of the molecule is CCC1CN(S(=O)(=O)c2c(Cl)cc(Cl)cc2Cl)CCC1N. The first-order valence-electron chi connectivity index (χ1n) is 6.67. The molecule has 0 amide bonds. The van der Waals surface area contributed by atoms with Crippen LogP contribution in [0.2, 0.25) is 15.1 Å². The fourth-order valence-corrected chi connectivity index (χ4v) is 5.58. The number of sulfonamides is 1. The average Bonchev–Trinajstić information content (AvgIpc) is 2.37. The van der Waals surface area contributed by atoms with Crippen LogP contribution < -0.4 is 5.73 Å². The number of piperidine rings is 1. The molecule has 1 aliphatic rings. The molecule has 0 bridgehead atoms. The summed E-state index contributed by atoms with van der Waals surface area (Å²) in [6.07, 6.45) is 1.45. The Bertz CT molecular complexity index is 613. The molecule has 1 aromatic rings. The van der Waals surface area contributed by atoms with Gasteiger partial charge in [-0.2, -0.15) is 4.31 Å². The molecule has 0 radical (unpaired) electrons. The summed E-state index contributed by atoms with van der Waals surface area (Å²) in [7, 11) is -3.75. The molecule has 2 rings (SSSR count). The minimum absolute atomic E-state index is 0.0256. The second-order valence-corrected chi connectivity index (χ2v) is 8.31. The Morgan fingerprint density at radius 1 is 1.29 bits per heavy atom. The van der Waals surface area contributed by atoms with Crippen molar-refractivity contribution >= 4 is 44.8 Å². The van der Waals surface area contributed by atoms with Crippen LogP contribution in [0.5, 0.6) is 0 Å². The summed E-state index contributed by atoms with van der Waals surface area (Å²) in [6, 6.07) is 2.79. The molecule has 1 fully saturated rings. The van der Waals surface area contributed by atoms with Gasteiger partial charge in [0, 0.05) is 24.2 Å². The maximum atomic E-state index is 12.8. The quantitative estimate of drug-likeness (QED) is 0.885. The summed E-state index contributed by atoms with van der Waals surface area (Å²) in [5.74, 6) is 0.137. The van der Waals surface area contributed by atoms with Gasteiger partial charge in [-0.25, -0.2) is 8.42 Å². The molecule has 0 aromatic heterocycles. The van der Waals surface area contributed by atoms with Gasteiger partial charge in [-0.15, -0.1) is 0 Å². The van der Waals surface area contributed by atoms with E-state index in [0.29, 0.717) is 24.5 Å². The fourth-order valence-electron chi connectivity index (χ4n) is 2.57. The van der Waals surface area contributed by atoms with E-state index in [-0.39, 0.29) is 26.9 Å². The Hall–Kier alpha value is -0.0400. The van der Waals surface area contributed by atoms with E-state index in [9.17, 15) is 8.42 Å². The molecule has 1 aromatic carbocycles. The van der Waals surface area contributed by atoms with E-state index in [2.05, 4.69) is 0 Å². The number of hydrogen-bond donors (Lipinski definition) is 1. The summed E-state index contributed by atoms with van der Waals surface area (Å²) in [4.78, 5) is -0.0828. The van der Waals surface area contributed by atoms with Crippen LogP contribution in [0.25, 0.3) is 0 Å². The van der Waals surface area contributed by atoms with Crippen LogP contribution in [0.15, 0.2) is 17.0 Å². The zero-order chi connectivity index (χ0) is 15.8. The number of benzene rings is 1.